The van der Waals surface area contributed by atoms with Gasteiger partial charge in [0.25, 0.3) is 11.6 Å². The van der Waals surface area contributed by atoms with E-state index >= 15 is 0 Å². The zero-order valence-corrected chi connectivity index (χ0v) is 18.1. The van der Waals surface area contributed by atoms with E-state index in [1.54, 1.807) is 24.3 Å². The van der Waals surface area contributed by atoms with Crippen molar-refractivity contribution in [1.82, 2.24) is 0 Å². The van der Waals surface area contributed by atoms with Crippen LogP contribution in [0.25, 0.3) is 0 Å². The summed E-state index contributed by atoms with van der Waals surface area (Å²) in [5, 5.41) is 13.7. The fourth-order valence-electron chi connectivity index (χ4n) is 2.98. The van der Waals surface area contributed by atoms with Gasteiger partial charge in [0, 0.05) is 11.6 Å². The molecule has 0 aliphatic carbocycles. The van der Waals surface area contributed by atoms with Crippen LogP contribution < -0.4 is 15.8 Å². The summed E-state index contributed by atoms with van der Waals surface area (Å²) in [7, 11) is 2.35. The molecule has 3 N–H and O–H groups in total. The summed E-state index contributed by atoms with van der Waals surface area (Å²) in [6.45, 7) is 0. The van der Waals surface area contributed by atoms with Gasteiger partial charge in [-0.3, -0.25) is 14.9 Å². The number of rotatable bonds is 7. The van der Waals surface area contributed by atoms with Crippen molar-refractivity contribution < 1.29 is 33.5 Å². The van der Waals surface area contributed by atoms with Crippen LogP contribution >= 0.6 is 0 Å². The number of nitrogens with two attached hydrogens (primary N) is 1. The average molecular weight is 465 g/mol. The van der Waals surface area contributed by atoms with Crippen molar-refractivity contribution >= 4 is 34.9 Å². The van der Waals surface area contributed by atoms with E-state index in [2.05, 4.69) is 10.1 Å². The number of para-hydroxylation sites is 2. The lowest BCUT2D eigenvalue weighted by molar-refractivity contribution is -0.383. The molecule has 0 aliphatic heterocycles. The van der Waals surface area contributed by atoms with Crippen molar-refractivity contribution in [2.45, 2.75) is 0 Å². The molecule has 3 rings (SSSR count). The molecule has 11 nitrogen and oxygen atoms in total. The number of nitrogens with one attached hydrogen (secondary N) is 1. The van der Waals surface area contributed by atoms with E-state index in [0.717, 1.165) is 6.07 Å². The smallest absolute Gasteiger partial charge is 0.338 e. The number of hydrogen-bond acceptors (Lipinski definition) is 9. The molecule has 0 fully saturated rings. The second-order valence-corrected chi connectivity index (χ2v) is 6.77. The molecule has 0 spiro atoms. The van der Waals surface area contributed by atoms with Gasteiger partial charge in [0.2, 0.25) is 0 Å². The number of carbonyl (C=O) groups excluding carboxylic acids is 3. The number of amides is 1. The minimum atomic E-state index is -0.766. The van der Waals surface area contributed by atoms with E-state index in [9.17, 15) is 24.5 Å². The summed E-state index contributed by atoms with van der Waals surface area (Å²) in [6.07, 6.45) is 0. The summed E-state index contributed by atoms with van der Waals surface area (Å²) >= 11 is 0. The van der Waals surface area contributed by atoms with Crippen LogP contribution in [-0.2, 0) is 9.47 Å². The van der Waals surface area contributed by atoms with Gasteiger partial charge < -0.3 is 25.3 Å². The third kappa shape index (κ3) is 5.10. The molecule has 0 aliphatic rings. The minimum absolute atomic E-state index is 0.00627. The van der Waals surface area contributed by atoms with Crippen LogP contribution in [0.1, 0.15) is 31.1 Å². The molecule has 174 valence electrons. The Hall–Kier alpha value is -4.93. The lowest BCUT2D eigenvalue weighted by Crippen LogP contribution is -2.13. The summed E-state index contributed by atoms with van der Waals surface area (Å²) in [4.78, 5) is 47.2. The van der Waals surface area contributed by atoms with E-state index in [1.165, 1.54) is 44.6 Å². The highest BCUT2D eigenvalue weighted by atomic mass is 16.6. The summed E-state index contributed by atoms with van der Waals surface area (Å²) in [5.74, 6) is -1.73. The highest BCUT2D eigenvalue weighted by molar-refractivity contribution is 6.06. The third-order valence-electron chi connectivity index (χ3n) is 4.65. The van der Waals surface area contributed by atoms with Crippen LogP contribution in [-0.4, -0.2) is 37.0 Å². The standard InChI is InChI=1S/C23H19N3O8/c1-32-22(28)15-9-8-14(12-16(15)23(29)33-2)34-20-6-4-3-5-18(20)25-21(27)13-7-10-17(24)19(11-13)26(30)31/h3-12H,24H2,1-2H3,(H,25,27). The predicted molar refractivity (Wildman–Crippen MR) is 121 cm³/mol. The summed E-state index contributed by atoms with van der Waals surface area (Å²) in [6, 6.07) is 14.2. The normalized spacial score (nSPS) is 10.2. The van der Waals surface area contributed by atoms with Crippen LogP contribution in [0.15, 0.2) is 60.7 Å². The Balaban J connectivity index is 1.90. The second kappa shape index (κ2) is 10.1. The number of benzene rings is 3. The fourth-order valence-corrected chi connectivity index (χ4v) is 2.98. The summed E-state index contributed by atoms with van der Waals surface area (Å²) < 4.78 is 15.2. The molecule has 0 unspecified atom stereocenters. The Labute approximate surface area is 193 Å². The van der Waals surface area contributed by atoms with Crippen molar-refractivity contribution in [3.05, 3.63) is 87.5 Å². The molecule has 0 saturated carbocycles. The molecule has 0 atom stereocenters. The van der Waals surface area contributed by atoms with Gasteiger partial charge in [-0.25, -0.2) is 9.59 Å². The molecule has 0 aromatic heterocycles. The largest absolute Gasteiger partial charge is 0.465 e. The molecule has 0 saturated heterocycles. The SMILES string of the molecule is COC(=O)c1ccc(Oc2ccccc2NC(=O)c2ccc(N)c([N+](=O)[O-])c2)cc1C(=O)OC. The monoisotopic (exact) mass is 465 g/mol. The van der Waals surface area contributed by atoms with Crippen LogP contribution in [0.5, 0.6) is 11.5 Å². The van der Waals surface area contributed by atoms with Crippen molar-refractivity contribution in [3.63, 3.8) is 0 Å². The number of nitrogens with zero attached hydrogens (tertiary/aromatic N) is 1. The molecular formula is C23H19N3O8. The van der Waals surface area contributed by atoms with E-state index in [1.807, 2.05) is 0 Å². The van der Waals surface area contributed by atoms with Gasteiger partial charge in [0.15, 0.2) is 5.75 Å². The fraction of sp³-hybridized carbons (Fsp3) is 0.0870. The Kier molecular flexibility index (Phi) is 7.07. The number of ether oxygens (including phenoxy) is 3. The second-order valence-electron chi connectivity index (χ2n) is 6.77. The number of nitro groups is 1. The Morgan fingerprint density at radius 3 is 2.26 bits per heavy atom. The van der Waals surface area contributed by atoms with E-state index in [-0.39, 0.29) is 39.6 Å². The van der Waals surface area contributed by atoms with Gasteiger partial charge in [-0.1, -0.05) is 12.1 Å². The maximum atomic E-state index is 12.7. The number of hydrogen-bond donors (Lipinski definition) is 2. The van der Waals surface area contributed by atoms with Crippen LogP contribution in [0.3, 0.4) is 0 Å². The van der Waals surface area contributed by atoms with E-state index in [0.29, 0.717) is 0 Å². The average Bonchev–Trinajstić information content (AvgIpc) is 2.84. The van der Waals surface area contributed by atoms with Crippen molar-refractivity contribution in [1.29, 1.82) is 0 Å². The van der Waals surface area contributed by atoms with Crippen LogP contribution in [0.2, 0.25) is 0 Å². The first-order chi connectivity index (χ1) is 16.2. The lowest BCUT2D eigenvalue weighted by atomic mass is 10.1. The Morgan fingerprint density at radius 1 is 0.912 bits per heavy atom. The van der Waals surface area contributed by atoms with Gasteiger partial charge in [-0.2, -0.15) is 0 Å². The maximum Gasteiger partial charge on any atom is 0.338 e. The molecule has 3 aromatic carbocycles. The topological polar surface area (TPSA) is 160 Å². The molecule has 0 radical (unpaired) electrons. The molecule has 1 amide bonds. The zero-order valence-electron chi connectivity index (χ0n) is 18.1. The van der Waals surface area contributed by atoms with Crippen LogP contribution in [0.4, 0.5) is 17.1 Å². The number of methoxy groups -OCH3 is 2. The summed E-state index contributed by atoms with van der Waals surface area (Å²) in [5.41, 5.74) is 5.32. The van der Waals surface area contributed by atoms with Gasteiger partial charge in [0.1, 0.15) is 11.4 Å². The maximum absolute atomic E-state index is 12.7. The molecule has 3 aromatic rings. The quantitative estimate of drug-likeness (QED) is 0.229. The molecular weight excluding hydrogens is 446 g/mol. The number of carbonyl (C=O) groups is 3. The first-order valence-corrected chi connectivity index (χ1v) is 9.68. The van der Waals surface area contributed by atoms with Crippen molar-refractivity contribution in [3.8, 4) is 11.5 Å². The van der Waals surface area contributed by atoms with Crippen LogP contribution in [0, 0.1) is 10.1 Å². The Bertz CT molecular complexity index is 1290. The van der Waals surface area contributed by atoms with Crippen molar-refractivity contribution in [2.24, 2.45) is 0 Å². The molecule has 34 heavy (non-hydrogen) atoms. The lowest BCUT2D eigenvalue weighted by Gasteiger charge is -2.14. The van der Waals surface area contributed by atoms with Gasteiger partial charge in [-0.05, 0) is 42.5 Å². The zero-order chi connectivity index (χ0) is 24.8. The van der Waals surface area contributed by atoms with Crippen molar-refractivity contribution in [2.75, 3.05) is 25.3 Å². The number of anilines is 2. The molecule has 0 heterocycles. The number of nitro benzene ring substituents is 1. The Morgan fingerprint density at radius 2 is 1.59 bits per heavy atom. The molecule has 0 bridgehead atoms. The third-order valence-corrected chi connectivity index (χ3v) is 4.65. The van der Waals surface area contributed by atoms with Gasteiger partial charge in [0.05, 0.1) is 36.0 Å². The first-order valence-electron chi connectivity index (χ1n) is 9.68. The predicted octanol–water partition coefficient (Wildman–Crippen LogP) is 3.79. The highest BCUT2D eigenvalue weighted by Gasteiger charge is 2.21. The number of nitrogen functional groups attached to an aromatic ring is 1. The number of esters is 2. The molecule has 11 heteroatoms. The van der Waals surface area contributed by atoms with E-state index in [4.69, 9.17) is 15.2 Å². The highest BCUT2D eigenvalue weighted by Crippen LogP contribution is 2.31. The van der Waals surface area contributed by atoms with Gasteiger partial charge in [-0.15, -0.1) is 0 Å². The first kappa shape index (κ1) is 23.7. The van der Waals surface area contributed by atoms with E-state index < -0.39 is 28.5 Å². The minimum Gasteiger partial charge on any atom is -0.465 e. The van der Waals surface area contributed by atoms with Gasteiger partial charge >= 0.3 is 11.9 Å².